The van der Waals surface area contributed by atoms with E-state index in [1.165, 1.54) is 10.8 Å². The smallest absolute Gasteiger partial charge is 0.334 e. The molecule has 0 aliphatic heterocycles. The standard InChI is InChI=1S/C18H16Cl4N2O3/c1-11(2)26-10-16(25)27-17(18(20,21)22)24-8-12(7-23)14(9-24)13-5-3-4-6-15(13)19/h3-6,8-9,11,17H,10H2,1-2H3. The van der Waals surface area contributed by atoms with Crippen LogP contribution in [0.2, 0.25) is 5.02 Å². The summed E-state index contributed by atoms with van der Waals surface area (Å²) in [4.78, 5) is 12.0. The SMILES string of the molecule is CC(C)OCC(=O)OC(n1cc(C#N)c(-c2ccccc2Cl)c1)C(Cl)(Cl)Cl. The van der Waals surface area contributed by atoms with Crippen molar-refractivity contribution in [1.29, 1.82) is 5.26 Å². The monoisotopic (exact) mass is 448 g/mol. The lowest BCUT2D eigenvalue weighted by Gasteiger charge is -2.25. The number of halogens is 4. The molecule has 1 atom stereocenters. The zero-order valence-corrected chi connectivity index (χ0v) is 17.5. The van der Waals surface area contributed by atoms with E-state index in [4.69, 9.17) is 55.9 Å². The predicted octanol–water partition coefficient (Wildman–Crippen LogP) is 5.52. The average Bonchev–Trinajstić information content (AvgIpc) is 3.00. The van der Waals surface area contributed by atoms with E-state index >= 15 is 0 Å². The number of hydrogen-bond donors (Lipinski definition) is 0. The molecule has 2 rings (SSSR count). The van der Waals surface area contributed by atoms with E-state index in [0.717, 1.165) is 0 Å². The van der Waals surface area contributed by atoms with Gasteiger partial charge in [-0.05, 0) is 19.9 Å². The molecule has 0 radical (unpaired) electrons. The topological polar surface area (TPSA) is 64.2 Å². The molecule has 0 aliphatic rings. The molecule has 0 saturated carbocycles. The molecule has 0 fully saturated rings. The highest BCUT2D eigenvalue weighted by atomic mass is 35.6. The van der Waals surface area contributed by atoms with Crippen molar-refractivity contribution in [3.8, 4) is 17.2 Å². The lowest BCUT2D eigenvalue weighted by Crippen LogP contribution is -2.30. The first-order chi connectivity index (χ1) is 12.6. The van der Waals surface area contributed by atoms with Crippen molar-refractivity contribution in [3.05, 3.63) is 47.2 Å². The molecule has 1 unspecified atom stereocenters. The molecule has 2 aromatic rings. The maximum Gasteiger partial charge on any atom is 0.334 e. The van der Waals surface area contributed by atoms with Gasteiger partial charge in [0, 0.05) is 28.5 Å². The van der Waals surface area contributed by atoms with Gasteiger partial charge in [0.05, 0.1) is 11.7 Å². The van der Waals surface area contributed by atoms with Gasteiger partial charge in [-0.15, -0.1) is 0 Å². The van der Waals surface area contributed by atoms with Gasteiger partial charge in [0.1, 0.15) is 12.7 Å². The third-order valence-electron chi connectivity index (χ3n) is 3.46. The lowest BCUT2D eigenvalue weighted by molar-refractivity contribution is -0.160. The van der Waals surface area contributed by atoms with Gasteiger partial charge in [-0.3, -0.25) is 0 Å². The normalized spacial score (nSPS) is 12.7. The third-order valence-corrected chi connectivity index (χ3v) is 4.35. The Balaban J connectivity index is 2.39. The van der Waals surface area contributed by atoms with E-state index in [9.17, 15) is 10.1 Å². The number of esters is 1. The number of ether oxygens (including phenoxy) is 2. The van der Waals surface area contributed by atoms with Crippen LogP contribution in [0.4, 0.5) is 0 Å². The summed E-state index contributed by atoms with van der Waals surface area (Å²) in [5.41, 5.74) is 1.45. The van der Waals surface area contributed by atoms with Gasteiger partial charge in [-0.1, -0.05) is 64.6 Å². The molecule has 0 N–H and O–H groups in total. The Kier molecular flexibility index (Phi) is 7.44. The van der Waals surface area contributed by atoms with Crippen LogP contribution in [0.1, 0.15) is 25.6 Å². The molecular formula is C18H16Cl4N2O3. The second-order valence-corrected chi connectivity index (χ2v) is 8.64. The minimum atomic E-state index is -1.98. The van der Waals surface area contributed by atoms with Crippen molar-refractivity contribution < 1.29 is 14.3 Å². The molecule has 0 amide bonds. The van der Waals surface area contributed by atoms with Crippen molar-refractivity contribution in [1.82, 2.24) is 4.57 Å². The van der Waals surface area contributed by atoms with Crippen molar-refractivity contribution in [2.24, 2.45) is 0 Å². The van der Waals surface area contributed by atoms with E-state index in [1.54, 1.807) is 44.3 Å². The maximum atomic E-state index is 12.0. The van der Waals surface area contributed by atoms with Crippen LogP contribution in [0.3, 0.4) is 0 Å². The highest BCUT2D eigenvalue weighted by Gasteiger charge is 2.38. The number of carbonyl (C=O) groups is 1. The lowest BCUT2D eigenvalue weighted by atomic mass is 10.1. The van der Waals surface area contributed by atoms with Gasteiger partial charge in [-0.2, -0.15) is 5.26 Å². The van der Waals surface area contributed by atoms with E-state index in [-0.39, 0.29) is 18.3 Å². The summed E-state index contributed by atoms with van der Waals surface area (Å²) in [5.74, 6) is -0.702. The van der Waals surface area contributed by atoms with E-state index < -0.39 is 16.0 Å². The fraction of sp³-hybridized carbons (Fsp3) is 0.333. The molecule has 1 aromatic heterocycles. The fourth-order valence-electron chi connectivity index (χ4n) is 2.28. The van der Waals surface area contributed by atoms with Crippen molar-refractivity contribution in [3.63, 3.8) is 0 Å². The van der Waals surface area contributed by atoms with E-state index in [0.29, 0.717) is 16.1 Å². The Labute approximate surface area is 177 Å². The Morgan fingerprint density at radius 2 is 1.89 bits per heavy atom. The Bertz CT molecular complexity index is 853. The van der Waals surface area contributed by atoms with Gasteiger partial charge in [0.25, 0.3) is 0 Å². The first kappa shape index (κ1) is 21.9. The number of carbonyl (C=O) groups excluding carboxylic acids is 1. The van der Waals surface area contributed by atoms with Gasteiger partial charge in [-0.25, -0.2) is 4.79 Å². The summed E-state index contributed by atoms with van der Waals surface area (Å²) in [6, 6.07) is 9.09. The van der Waals surface area contributed by atoms with Crippen molar-refractivity contribution in [2.75, 3.05) is 6.61 Å². The van der Waals surface area contributed by atoms with Crippen LogP contribution < -0.4 is 0 Å². The van der Waals surface area contributed by atoms with Gasteiger partial charge in [0.15, 0.2) is 0 Å². The summed E-state index contributed by atoms with van der Waals surface area (Å²) < 4.78 is 9.88. The molecule has 0 bridgehead atoms. The fourth-order valence-corrected chi connectivity index (χ4v) is 2.99. The van der Waals surface area contributed by atoms with Gasteiger partial charge >= 0.3 is 5.97 Å². The first-order valence-corrected chi connectivity index (χ1v) is 9.39. The second-order valence-electron chi connectivity index (χ2n) is 5.87. The third kappa shape index (κ3) is 5.78. The summed E-state index contributed by atoms with van der Waals surface area (Å²) in [5, 5.41) is 9.92. The van der Waals surface area contributed by atoms with E-state index in [1.807, 2.05) is 0 Å². The van der Waals surface area contributed by atoms with Gasteiger partial charge < -0.3 is 14.0 Å². The number of benzene rings is 1. The molecule has 1 heterocycles. The highest BCUT2D eigenvalue weighted by Crippen LogP contribution is 2.41. The van der Waals surface area contributed by atoms with Crippen LogP contribution in [0.15, 0.2) is 36.7 Å². The zero-order chi connectivity index (χ0) is 20.2. The molecule has 0 saturated heterocycles. The van der Waals surface area contributed by atoms with E-state index in [2.05, 4.69) is 6.07 Å². The maximum absolute atomic E-state index is 12.0. The molecule has 144 valence electrons. The number of nitriles is 1. The summed E-state index contributed by atoms with van der Waals surface area (Å²) in [6.07, 6.45) is 1.52. The predicted molar refractivity (Wildman–Crippen MR) is 106 cm³/mol. The number of alkyl halides is 3. The van der Waals surface area contributed by atoms with Crippen molar-refractivity contribution in [2.45, 2.75) is 30.0 Å². The molecule has 0 spiro atoms. The minimum Gasteiger partial charge on any atom is -0.435 e. The second kappa shape index (κ2) is 9.18. The molecular weight excluding hydrogens is 434 g/mol. The summed E-state index contributed by atoms with van der Waals surface area (Å²) in [6.45, 7) is 3.26. The van der Waals surface area contributed by atoms with Crippen LogP contribution in [0.5, 0.6) is 0 Å². The quantitative estimate of drug-likeness (QED) is 0.430. The number of aromatic nitrogens is 1. The van der Waals surface area contributed by atoms with Crippen molar-refractivity contribution >= 4 is 52.4 Å². The first-order valence-electron chi connectivity index (χ1n) is 7.87. The van der Waals surface area contributed by atoms with Gasteiger partial charge in [0.2, 0.25) is 10.0 Å². The number of nitrogens with zero attached hydrogens (tertiary/aromatic N) is 2. The van der Waals surface area contributed by atoms with Crippen LogP contribution >= 0.6 is 46.4 Å². The molecule has 0 aliphatic carbocycles. The average molecular weight is 450 g/mol. The Morgan fingerprint density at radius 3 is 2.44 bits per heavy atom. The zero-order valence-electron chi connectivity index (χ0n) is 14.5. The molecule has 1 aromatic carbocycles. The Hall–Kier alpha value is -1.42. The largest absolute Gasteiger partial charge is 0.435 e. The minimum absolute atomic E-state index is 0.160. The molecule has 27 heavy (non-hydrogen) atoms. The molecule has 9 heteroatoms. The van der Waals surface area contributed by atoms with Crippen LogP contribution in [0, 0.1) is 11.3 Å². The summed E-state index contributed by atoms with van der Waals surface area (Å²) >= 11 is 24.2. The van der Waals surface area contributed by atoms with Crippen LogP contribution in [0.25, 0.3) is 11.1 Å². The summed E-state index contributed by atoms with van der Waals surface area (Å²) in [7, 11) is 0. The highest BCUT2D eigenvalue weighted by molar-refractivity contribution is 6.67. The number of rotatable bonds is 6. The van der Waals surface area contributed by atoms with Crippen LogP contribution in [-0.4, -0.2) is 27.0 Å². The molecule has 5 nitrogen and oxygen atoms in total. The number of hydrogen-bond acceptors (Lipinski definition) is 4. The Morgan fingerprint density at radius 1 is 1.22 bits per heavy atom. The van der Waals surface area contributed by atoms with Crippen LogP contribution in [-0.2, 0) is 14.3 Å².